The van der Waals surface area contributed by atoms with Crippen molar-refractivity contribution in [3.05, 3.63) is 0 Å². The lowest BCUT2D eigenvalue weighted by atomic mass is 10.1. The van der Waals surface area contributed by atoms with E-state index in [2.05, 4.69) is 9.44 Å². The van der Waals surface area contributed by atoms with Gasteiger partial charge in [0.15, 0.2) is 0 Å². The highest BCUT2D eigenvalue weighted by atomic mass is 32.2. The van der Waals surface area contributed by atoms with Gasteiger partial charge in [0.2, 0.25) is 0 Å². The quantitative estimate of drug-likeness (QED) is 0.402. The van der Waals surface area contributed by atoms with Gasteiger partial charge in [0.05, 0.1) is 6.04 Å². The number of hydrogen-bond acceptors (Lipinski definition) is 3. The second kappa shape index (κ2) is 5.60. The fraction of sp³-hybridized carbons (Fsp3) is 0.889. The van der Waals surface area contributed by atoms with E-state index in [0.717, 1.165) is 6.42 Å². The smallest absolute Gasteiger partial charge is 0.278 e. The molecule has 0 aliphatic rings. The first-order chi connectivity index (χ1) is 7.07. The Morgan fingerprint density at radius 1 is 1.44 bits per heavy atom. The van der Waals surface area contributed by atoms with Crippen molar-refractivity contribution in [2.45, 2.75) is 52.1 Å². The van der Waals surface area contributed by atoms with Crippen molar-refractivity contribution in [3.8, 4) is 0 Å². The van der Waals surface area contributed by atoms with Crippen LogP contribution in [0.2, 0.25) is 0 Å². The van der Waals surface area contributed by atoms with Crippen LogP contribution in [-0.4, -0.2) is 25.8 Å². The van der Waals surface area contributed by atoms with Crippen LogP contribution in [0.3, 0.4) is 0 Å². The fourth-order valence-corrected chi connectivity index (χ4v) is 2.67. The topological polar surface area (TPSA) is 108 Å². The van der Waals surface area contributed by atoms with Crippen molar-refractivity contribution >= 4 is 16.0 Å². The van der Waals surface area contributed by atoms with Gasteiger partial charge in [-0.2, -0.15) is 17.9 Å². The summed E-state index contributed by atoms with van der Waals surface area (Å²) < 4.78 is 28.1. The van der Waals surface area contributed by atoms with Gasteiger partial charge in [-0.25, -0.2) is 0 Å². The first-order valence-electron chi connectivity index (χ1n) is 5.22. The van der Waals surface area contributed by atoms with E-state index in [-0.39, 0.29) is 5.84 Å². The van der Waals surface area contributed by atoms with E-state index < -0.39 is 21.8 Å². The Labute approximate surface area is 97.7 Å². The molecular weight excluding hydrogens is 228 g/mol. The summed E-state index contributed by atoms with van der Waals surface area (Å²) in [7, 11) is -3.63. The van der Waals surface area contributed by atoms with Crippen LogP contribution in [0.4, 0.5) is 0 Å². The molecule has 0 heterocycles. The van der Waals surface area contributed by atoms with Gasteiger partial charge in [-0.15, -0.1) is 0 Å². The van der Waals surface area contributed by atoms with Crippen molar-refractivity contribution in [1.29, 1.82) is 5.41 Å². The molecule has 0 aromatic carbocycles. The maximum Gasteiger partial charge on any atom is 0.278 e. The van der Waals surface area contributed by atoms with E-state index in [9.17, 15) is 8.42 Å². The van der Waals surface area contributed by atoms with E-state index in [0.29, 0.717) is 6.42 Å². The van der Waals surface area contributed by atoms with E-state index in [1.807, 2.05) is 6.92 Å². The summed E-state index contributed by atoms with van der Waals surface area (Å²) in [6, 6.07) is -0.634. The third-order valence-corrected chi connectivity index (χ3v) is 3.17. The Morgan fingerprint density at radius 2 is 1.94 bits per heavy atom. The summed E-state index contributed by atoms with van der Waals surface area (Å²) in [5, 5.41) is 7.29. The molecule has 0 rings (SSSR count). The molecule has 0 amide bonds. The monoisotopic (exact) mass is 250 g/mol. The molecule has 0 aromatic heterocycles. The normalized spacial score (nSPS) is 14.8. The Morgan fingerprint density at radius 3 is 2.25 bits per heavy atom. The largest absolute Gasteiger partial charge is 0.386 e. The third-order valence-electron chi connectivity index (χ3n) is 1.69. The van der Waals surface area contributed by atoms with Gasteiger partial charge in [0.1, 0.15) is 5.84 Å². The van der Waals surface area contributed by atoms with Gasteiger partial charge < -0.3 is 5.73 Å². The van der Waals surface area contributed by atoms with Gasteiger partial charge in [-0.05, 0) is 27.2 Å². The highest BCUT2D eigenvalue weighted by molar-refractivity contribution is 7.87. The summed E-state index contributed by atoms with van der Waals surface area (Å²) in [6.45, 7) is 7.14. The standard InChI is InChI=1S/C9H22N4O2S/c1-5-6-7(8(10)11)12-16(14,15)13-9(2,3)4/h7,12-13H,5-6H2,1-4H3,(H3,10,11). The molecule has 7 heteroatoms. The molecule has 96 valence electrons. The molecule has 0 spiro atoms. The number of hydrogen-bond donors (Lipinski definition) is 4. The van der Waals surface area contributed by atoms with Crippen molar-refractivity contribution in [3.63, 3.8) is 0 Å². The molecule has 16 heavy (non-hydrogen) atoms. The lowest BCUT2D eigenvalue weighted by molar-refractivity contribution is 0.478. The molecule has 5 N–H and O–H groups in total. The van der Waals surface area contributed by atoms with Crippen LogP contribution in [0.5, 0.6) is 0 Å². The minimum absolute atomic E-state index is 0.166. The summed E-state index contributed by atoms with van der Waals surface area (Å²) in [5.41, 5.74) is 4.77. The van der Waals surface area contributed by atoms with Crippen molar-refractivity contribution in [2.75, 3.05) is 0 Å². The molecule has 0 saturated carbocycles. The van der Waals surface area contributed by atoms with E-state index in [4.69, 9.17) is 11.1 Å². The summed E-state index contributed by atoms with van der Waals surface area (Å²) >= 11 is 0. The van der Waals surface area contributed by atoms with Crippen molar-refractivity contribution in [2.24, 2.45) is 5.73 Å². The third kappa shape index (κ3) is 6.76. The summed E-state index contributed by atoms with van der Waals surface area (Å²) in [4.78, 5) is 0. The minimum atomic E-state index is -3.63. The molecule has 0 aromatic rings. The van der Waals surface area contributed by atoms with Gasteiger partial charge in [-0.3, -0.25) is 5.41 Å². The number of rotatable bonds is 6. The summed E-state index contributed by atoms with van der Waals surface area (Å²) in [6.07, 6.45) is 1.27. The average molecular weight is 250 g/mol. The van der Waals surface area contributed by atoms with Crippen LogP contribution in [0, 0.1) is 5.41 Å². The molecule has 6 nitrogen and oxygen atoms in total. The first-order valence-corrected chi connectivity index (χ1v) is 6.71. The first kappa shape index (κ1) is 15.3. The molecule has 0 aliphatic carbocycles. The molecule has 0 fully saturated rings. The van der Waals surface area contributed by atoms with Gasteiger partial charge >= 0.3 is 0 Å². The zero-order valence-electron chi connectivity index (χ0n) is 10.3. The molecule has 0 bridgehead atoms. The maximum atomic E-state index is 11.7. The molecular formula is C9H22N4O2S. The molecule has 0 radical (unpaired) electrons. The van der Waals surface area contributed by atoms with Gasteiger partial charge in [0.25, 0.3) is 10.2 Å². The van der Waals surface area contributed by atoms with Crippen LogP contribution < -0.4 is 15.2 Å². The van der Waals surface area contributed by atoms with Crippen LogP contribution >= 0.6 is 0 Å². The average Bonchev–Trinajstić information content (AvgIpc) is 1.97. The highest BCUT2D eigenvalue weighted by Gasteiger charge is 2.23. The van der Waals surface area contributed by atoms with Crippen LogP contribution in [0.15, 0.2) is 0 Å². The van der Waals surface area contributed by atoms with E-state index in [1.165, 1.54) is 0 Å². The molecule has 1 atom stereocenters. The van der Waals surface area contributed by atoms with Gasteiger partial charge in [-0.1, -0.05) is 13.3 Å². The van der Waals surface area contributed by atoms with E-state index in [1.54, 1.807) is 20.8 Å². The second-order valence-electron chi connectivity index (χ2n) is 4.77. The minimum Gasteiger partial charge on any atom is -0.386 e. The highest BCUT2D eigenvalue weighted by Crippen LogP contribution is 2.03. The Hall–Kier alpha value is -0.660. The van der Waals surface area contributed by atoms with E-state index >= 15 is 0 Å². The van der Waals surface area contributed by atoms with Crippen molar-refractivity contribution in [1.82, 2.24) is 9.44 Å². The predicted octanol–water partition coefficient (Wildman–Crippen LogP) is 0.314. The SMILES string of the molecule is CCCC(NS(=O)(=O)NC(C)(C)C)C(=N)N. The van der Waals surface area contributed by atoms with Crippen LogP contribution in [-0.2, 0) is 10.2 Å². The summed E-state index contributed by atoms with van der Waals surface area (Å²) in [5.74, 6) is -0.166. The molecule has 1 unspecified atom stereocenters. The van der Waals surface area contributed by atoms with Gasteiger partial charge in [0, 0.05) is 5.54 Å². The van der Waals surface area contributed by atoms with Crippen molar-refractivity contribution < 1.29 is 8.42 Å². The zero-order chi connectivity index (χ0) is 13.0. The number of amidine groups is 1. The maximum absolute atomic E-state index is 11.7. The number of nitrogens with one attached hydrogen (secondary N) is 3. The van der Waals surface area contributed by atoms with Crippen LogP contribution in [0.1, 0.15) is 40.5 Å². The predicted molar refractivity (Wildman–Crippen MR) is 65.6 cm³/mol. The second-order valence-corrected chi connectivity index (χ2v) is 6.22. The fourth-order valence-electron chi connectivity index (χ4n) is 1.19. The van der Waals surface area contributed by atoms with Crippen LogP contribution in [0.25, 0.3) is 0 Å². The molecule has 0 saturated heterocycles. The zero-order valence-corrected chi connectivity index (χ0v) is 11.1. The Balaban J connectivity index is 4.61. The lowest BCUT2D eigenvalue weighted by Crippen LogP contribution is -2.53. The Bertz CT molecular complexity index is 332. The Kier molecular flexibility index (Phi) is 5.37. The molecule has 0 aliphatic heterocycles. The lowest BCUT2D eigenvalue weighted by Gasteiger charge is -2.23. The number of nitrogens with two attached hydrogens (primary N) is 1.